The van der Waals surface area contributed by atoms with Crippen molar-refractivity contribution in [2.75, 3.05) is 0 Å². The lowest BCUT2D eigenvalue weighted by Gasteiger charge is -2.05. The summed E-state index contributed by atoms with van der Waals surface area (Å²) in [5.74, 6) is 0. The average molecular weight is 300 g/mol. The fourth-order valence-electron chi connectivity index (χ4n) is 2.09. The summed E-state index contributed by atoms with van der Waals surface area (Å²) in [5, 5.41) is 0.255. The minimum absolute atomic E-state index is 0.0989. The number of nitrogens with one attached hydrogen (secondary N) is 1. The lowest BCUT2D eigenvalue weighted by Crippen LogP contribution is -2.16. The van der Waals surface area contributed by atoms with Crippen LogP contribution in [0.2, 0.25) is 0 Å². The van der Waals surface area contributed by atoms with E-state index in [0.29, 0.717) is 5.52 Å². The van der Waals surface area contributed by atoms with Crippen LogP contribution in [0, 0.1) is 6.92 Å². The SMILES string of the molecule is Cc1ccc(S(=O)(=O)c2c[nH]c3ccncc3c2=O)cc1. The zero-order chi connectivity index (χ0) is 15.0. The number of fused-ring (bicyclic) bond motifs is 1. The molecule has 2 aromatic heterocycles. The highest BCUT2D eigenvalue weighted by Gasteiger charge is 2.22. The topological polar surface area (TPSA) is 79.9 Å². The lowest BCUT2D eigenvalue weighted by molar-refractivity contribution is 0.595. The van der Waals surface area contributed by atoms with Gasteiger partial charge in [-0.15, -0.1) is 0 Å². The molecule has 0 saturated carbocycles. The highest BCUT2D eigenvalue weighted by molar-refractivity contribution is 7.91. The van der Waals surface area contributed by atoms with Gasteiger partial charge in [-0.2, -0.15) is 0 Å². The highest BCUT2D eigenvalue weighted by atomic mass is 32.2. The Bertz CT molecular complexity index is 974. The van der Waals surface area contributed by atoms with Crippen molar-refractivity contribution in [1.29, 1.82) is 0 Å². The molecule has 0 unspecified atom stereocenters. The third kappa shape index (κ3) is 2.23. The smallest absolute Gasteiger partial charge is 0.211 e. The molecule has 1 aromatic carbocycles. The average Bonchev–Trinajstić information content (AvgIpc) is 2.48. The van der Waals surface area contributed by atoms with Crippen molar-refractivity contribution < 1.29 is 8.42 Å². The first kappa shape index (κ1) is 13.5. The molecule has 0 spiro atoms. The van der Waals surface area contributed by atoms with Gasteiger partial charge in [-0.05, 0) is 25.1 Å². The number of pyridine rings is 2. The van der Waals surface area contributed by atoms with E-state index in [0.717, 1.165) is 5.56 Å². The molecule has 3 aromatic rings. The third-order valence-corrected chi connectivity index (χ3v) is 5.04. The summed E-state index contributed by atoms with van der Waals surface area (Å²) in [6.45, 7) is 1.87. The number of sulfone groups is 1. The Hall–Kier alpha value is -2.47. The van der Waals surface area contributed by atoms with Crippen LogP contribution in [0.5, 0.6) is 0 Å². The van der Waals surface area contributed by atoms with Gasteiger partial charge in [0, 0.05) is 18.6 Å². The Balaban J connectivity index is 2.27. The van der Waals surface area contributed by atoms with Crippen LogP contribution >= 0.6 is 0 Å². The van der Waals surface area contributed by atoms with E-state index >= 15 is 0 Å². The van der Waals surface area contributed by atoms with Gasteiger partial charge in [0.05, 0.1) is 15.8 Å². The highest BCUT2D eigenvalue weighted by Crippen LogP contribution is 2.19. The van der Waals surface area contributed by atoms with Gasteiger partial charge in [-0.25, -0.2) is 8.42 Å². The number of hydrogen-bond acceptors (Lipinski definition) is 4. The molecule has 5 nitrogen and oxygen atoms in total. The molecule has 0 amide bonds. The van der Waals surface area contributed by atoms with Crippen LogP contribution in [0.15, 0.2) is 63.5 Å². The first-order valence-electron chi connectivity index (χ1n) is 6.27. The van der Waals surface area contributed by atoms with Gasteiger partial charge in [-0.1, -0.05) is 17.7 Å². The number of H-pyrrole nitrogens is 1. The number of rotatable bonds is 2. The summed E-state index contributed by atoms with van der Waals surface area (Å²) in [7, 11) is -3.85. The molecule has 1 N–H and O–H groups in total. The first-order chi connectivity index (χ1) is 10.00. The molecule has 3 rings (SSSR count). The normalized spacial score (nSPS) is 11.7. The van der Waals surface area contributed by atoms with Crippen LogP contribution in [0.3, 0.4) is 0 Å². The summed E-state index contributed by atoms with van der Waals surface area (Å²) in [6, 6.07) is 8.02. The summed E-state index contributed by atoms with van der Waals surface area (Å²) < 4.78 is 25.1. The maximum Gasteiger partial charge on any atom is 0.211 e. The fraction of sp³-hybridized carbons (Fsp3) is 0.0667. The summed E-state index contributed by atoms with van der Waals surface area (Å²) in [5.41, 5.74) is 0.959. The number of hydrogen-bond donors (Lipinski definition) is 1. The van der Waals surface area contributed by atoms with Crippen molar-refractivity contribution in [2.24, 2.45) is 0 Å². The zero-order valence-corrected chi connectivity index (χ0v) is 12.0. The van der Waals surface area contributed by atoms with E-state index in [4.69, 9.17) is 0 Å². The Kier molecular flexibility index (Phi) is 3.10. The van der Waals surface area contributed by atoms with Gasteiger partial charge in [0.15, 0.2) is 0 Å². The molecular weight excluding hydrogens is 288 g/mol. The van der Waals surface area contributed by atoms with Crippen molar-refractivity contribution in [3.8, 4) is 0 Å². The molecule has 0 bridgehead atoms. The standard InChI is InChI=1S/C15H12N2O3S/c1-10-2-4-11(5-3-10)21(19,20)14-9-17-13-6-7-16-8-12(13)15(14)18/h2-9H,1H3,(H,17,18). The second-order valence-corrected chi connectivity index (χ2v) is 6.64. The second-order valence-electron chi connectivity index (χ2n) is 4.72. The minimum atomic E-state index is -3.85. The number of aromatic amines is 1. The molecule has 0 atom stereocenters. The van der Waals surface area contributed by atoms with Crippen molar-refractivity contribution in [3.63, 3.8) is 0 Å². The molecule has 0 saturated heterocycles. The maximum absolute atomic E-state index is 12.6. The van der Waals surface area contributed by atoms with Crippen LogP contribution in [-0.4, -0.2) is 18.4 Å². The van der Waals surface area contributed by atoms with Gasteiger partial charge < -0.3 is 4.98 Å². The van der Waals surface area contributed by atoms with Crippen LogP contribution in [0.1, 0.15) is 5.56 Å². The fourth-order valence-corrected chi connectivity index (χ4v) is 3.40. The number of aromatic nitrogens is 2. The molecule has 2 heterocycles. The third-order valence-electron chi connectivity index (χ3n) is 3.27. The molecule has 6 heteroatoms. The Labute approximate surface area is 121 Å². The molecule has 0 aliphatic heterocycles. The van der Waals surface area contributed by atoms with E-state index in [9.17, 15) is 13.2 Å². The monoisotopic (exact) mass is 300 g/mol. The van der Waals surface area contributed by atoms with Crippen LogP contribution in [0.4, 0.5) is 0 Å². The van der Waals surface area contributed by atoms with Crippen molar-refractivity contribution >= 4 is 20.7 Å². The summed E-state index contributed by atoms with van der Waals surface area (Å²) in [6.07, 6.45) is 4.13. The predicted molar refractivity (Wildman–Crippen MR) is 79.0 cm³/mol. The molecule has 0 fully saturated rings. The van der Waals surface area contributed by atoms with Crippen LogP contribution in [-0.2, 0) is 9.84 Å². The van der Waals surface area contributed by atoms with Crippen LogP contribution < -0.4 is 5.43 Å². The van der Waals surface area contributed by atoms with Crippen molar-refractivity contribution in [3.05, 3.63) is 64.7 Å². The Morgan fingerprint density at radius 1 is 1.10 bits per heavy atom. The van der Waals surface area contributed by atoms with Crippen molar-refractivity contribution in [1.82, 2.24) is 9.97 Å². The minimum Gasteiger partial charge on any atom is -0.360 e. The van der Waals surface area contributed by atoms with Crippen molar-refractivity contribution in [2.45, 2.75) is 16.7 Å². The van der Waals surface area contributed by atoms with E-state index in [2.05, 4.69) is 9.97 Å². The molecule has 21 heavy (non-hydrogen) atoms. The van der Waals surface area contributed by atoms with E-state index < -0.39 is 15.3 Å². The van der Waals surface area contributed by atoms with E-state index in [1.54, 1.807) is 18.2 Å². The second kappa shape index (κ2) is 4.82. The van der Waals surface area contributed by atoms with E-state index in [-0.39, 0.29) is 15.2 Å². The van der Waals surface area contributed by atoms with E-state index in [1.807, 2.05) is 6.92 Å². The Morgan fingerprint density at radius 3 is 2.52 bits per heavy atom. The molecular formula is C15H12N2O3S. The predicted octanol–water partition coefficient (Wildman–Crippen LogP) is 2.06. The number of aryl methyl sites for hydroxylation is 1. The van der Waals surface area contributed by atoms with Gasteiger partial charge in [0.2, 0.25) is 15.3 Å². The molecule has 0 radical (unpaired) electrons. The quantitative estimate of drug-likeness (QED) is 0.785. The number of benzene rings is 1. The van der Waals surface area contributed by atoms with Crippen LogP contribution in [0.25, 0.3) is 10.9 Å². The van der Waals surface area contributed by atoms with Gasteiger partial charge >= 0.3 is 0 Å². The largest absolute Gasteiger partial charge is 0.360 e. The molecule has 106 valence electrons. The molecule has 0 aliphatic carbocycles. The molecule has 0 aliphatic rings. The van der Waals surface area contributed by atoms with Gasteiger partial charge in [0.25, 0.3) is 0 Å². The lowest BCUT2D eigenvalue weighted by atomic mass is 10.2. The number of nitrogens with zero attached hydrogens (tertiary/aromatic N) is 1. The summed E-state index contributed by atoms with van der Waals surface area (Å²) >= 11 is 0. The van der Waals surface area contributed by atoms with E-state index in [1.165, 1.54) is 30.7 Å². The first-order valence-corrected chi connectivity index (χ1v) is 7.75. The Morgan fingerprint density at radius 2 is 1.81 bits per heavy atom. The maximum atomic E-state index is 12.6. The van der Waals surface area contributed by atoms with Gasteiger partial charge in [-0.3, -0.25) is 9.78 Å². The summed E-state index contributed by atoms with van der Waals surface area (Å²) in [4.78, 5) is 18.9. The van der Waals surface area contributed by atoms with Gasteiger partial charge in [0.1, 0.15) is 4.90 Å². The zero-order valence-electron chi connectivity index (χ0n) is 11.2.